The number of hydrogen-bond acceptors (Lipinski definition) is 3. The maximum Gasteiger partial charge on any atom is 0.265 e. The maximum absolute atomic E-state index is 12.5. The van der Waals surface area contributed by atoms with E-state index in [1.807, 2.05) is 0 Å². The van der Waals surface area contributed by atoms with Crippen LogP contribution in [0, 0.1) is 0 Å². The first-order valence-corrected chi connectivity index (χ1v) is 7.06. The van der Waals surface area contributed by atoms with Gasteiger partial charge in [0.05, 0.1) is 0 Å². The molecular formula is C7H5BrClF2NO2S. The van der Waals surface area contributed by atoms with Gasteiger partial charge in [0.1, 0.15) is 4.90 Å². The van der Waals surface area contributed by atoms with E-state index in [0.717, 1.165) is 12.4 Å². The topological polar surface area (TPSA) is 47.0 Å². The molecule has 3 nitrogen and oxygen atoms in total. The molecule has 1 rings (SSSR count). The first-order valence-electron chi connectivity index (χ1n) is 3.63. The van der Waals surface area contributed by atoms with E-state index in [2.05, 4.69) is 20.9 Å². The molecule has 0 saturated carbocycles. The molecule has 0 atom stereocenters. The van der Waals surface area contributed by atoms with Crippen LogP contribution in [-0.2, 0) is 14.4 Å². The summed E-state index contributed by atoms with van der Waals surface area (Å²) < 4.78 is 47.1. The lowest BCUT2D eigenvalue weighted by molar-refractivity contribution is 0.149. The van der Waals surface area contributed by atoms with E-state index in [0.29, 0.717) is 0 Å². The Balaban J connectivity index is 3.49. The van der Waals surface area contributed by atoms with Crippen LogP contribution in [0.3, 0.4) is 0 Å². The number of pyridine rings is 1. The Labute approximate surface area is 98.0 Å². The maximum atomic E-state index is 12.5. The predicted octanol–water partition coefficient (Wildman–Crippen LogP) is 2.84. The second kappa shape index (κ2) is 4.71. The van der Waals surface area contributed by atoms with Crippen molar-refractivity contribution >= 4 is 35.7 Å². The molecule has 0 aromatic carbocycles. The number of halogens is 4. The molecule has 1 heterocycles. The predicted molar refractivity (Wildman–Crippen MR) is 54.9 cm³/mol. The molecule has 0 spiro atoms. The Kier molecular flexibility index (Phi) is 4.02. The number of alkyl halides is 3. The van der Waals surface area contributed by atoms with E-state index in [1.165, 1.54) is 0 Å². The molecule has 0 aliphatic carbocycles. The third-order valence-corrected chi connectivity index (χ3v) is 3.62. The van der Waals surface area contributed by atoms with E-state index < -0.39 is 21.0 Å². The van der Waals surface area contributed by atoms with Crippen LogP contribution in [0.25, 0.3) is 0 Å². The second-order valence-corrected chi connectivity index (χ2v) is 5.67. The number of hydrogen-bond donors (Lipinski definition) is 0. The van der Waals surface area contributed by atoms with Crippen LogP contribution < -0.4 is 0 Å². The highest BCUT2D eigenvalue weighted by Crippen LogP contribution is 2.30. The molecule has 0 saturated heterocycles. The normalized spacial score (nSPS) is 12.1. The Morgan fingerprint density at radius 1 is 1.47 bits per heavy atom. The highest BCUT2D eigenvalue weighted by molar-refractivity contribution is 9.08. The summed E-state index contributed by atoms with van der Waals surface area (Å²) in [5.74, 6) is 0. The fourth-order valence-electron chi connectivity index (χ4n) is 1.02. The molecule has 15 heavy (non-hydrogen) atoms. The minimum Gasteiger partial charge on any atom is -0.263 e. The van der Waals surface area contributed by atoms with Gasteiger partial charge in [-0.25, -0.2) is 17.2 Å². The summed E-state index contributed by atoms with van der Waals surface area (Å²) >= 11 is 2.94. The van der Waals surface area contributed by atoms with Crippen molar-refractivity contribution in [2.45, 2.75) is 16.7 Å². The SMILES string of the molecule is O=S(=O)(Cl)c1cncc(C(F)F)c1CBr. The summed E-state index contributed by atoms with van der Waals surface area (Å²) in [6, 6.07) is 0. The van der Waals surface area contributed by atoms with E-state index in [1.54, 1.807) is 0 Å². The van der Waals surface area contributed by atoms with Gasteiger partial charge in [-0.2, -0.15) is 0 Å². The van der Waals surface area contributed by atoms with Crippen LogP contribution in [-0.4, -0.2) is 13.4 Å². The summed E-state index contributed by atoms with van der Waals surface area (Å²) in [4.78, 5) is 3.03. The Morgan fingerprint density at radius 3 is 2.47 bits per heavy atom. The lowest BCUT2D eigenvalue weighted by atomic mass is 10.2. The standard InChI is InChI=1S/C7H5BrClF2NO2S/c8-1-4-5(7(10)11)2-12-3-6(4)15(9,13)14/h2-3,7H,1H2. The van der Waals surface area contributed by atoms with Crippen molar-refractivity contribution < 1.29 is 17.2 Å². The van der Waals surface area contributed by atoms with Crippen LogP contribution in [0.15, 0.2) is 17.3 Å². The van der Waals surface area contributed by atoms with Crippen LogP contribution in [0.1, 0.15) is 17.6 Å². The smallest absolute Gasteiger partial charge is 0.263 e. The van der Waals surface area contributed by atoms with Crippen molar-refractivity contribution in [1.82, 2.24) is 4.98 Å². The Morgan fingerprint density at radius 2 is 2.07 bits per heavy atom. The average Bonchev–Trinajstić information content (AvgIpc) is 2.15. The lowest BCUT2D eigenvalue weighted by Crippen LogP contribution is -2.02. The van der Waals surface area contributed by atoms with Gasteiger partial charge in [0.15, 0.2) is 0 Å². The molecule has 0 radical (unpaired) electrons. The summed E-state index contributed by atoms with van der Waals surface area (Å²) in [7, 11) is 1.03. The number of rotatable bonds is 3. The van der Waals surface area contributed by atoms with Crippen molar-refractivity contribution in [3.05, 3.63) is 23.5 Å². The Bertz CT molecular complexity index is 466. The molecule has 0 aliphatic rings. The quantitative estimate of drug-likeness (QED) is 0.635. The monoisotopic (exact) mass is 319 g/mol. The van der Waals surface area contributed by atoms with Crippen LogP contribution in [0.4, 0.5) is 8.78 Å². The fraction of sp³-hybridized carbons (Fsp3) is 0.286. The summed E-state index contributed by atoms with van der Waals surface area (Å²) in [5.41, 5.74) is -0.497. The van der Waals surface area contributed by atoms with Gasteiger partial charge in [-0.1, -0.05) is 15.9 Å². The molecule has 0 amide bonds. The van der Waals surface area contributed by atoms with Gasteiger partial charge < -0.3 is 0 Å². The van der Waals surface area contributed by atoms with Gasteiger partial charge in [-0.05, 0) is 5.56 Å². The zero-order valence-electron chi connectivity index (χ0n) is 7.12. The van der Waals surface area contributed by atoms with E-state index in [9.17, 15) is 17.2 Å². The molecule has 0 fully saturated rings. The van der Waals surface area contributed by atoms with Gasteiger partial charge in [0, 0.05) is 34.0 Å². The average molecular weight is 321 g/mol. The minimum absolute atomic E-state index is 0.0313. The van der Waals surface area contributed by atoms with E-state index in [4.69, 9.17) is 10.7 Å². The van der Waals surface area contributed by atoms with Crippen LogP contribution in [0.2, 0.25) is 0 Å². The molecule has 0 N–H and O–H groups in total. The minimum atomic E-state index is -4.06. The van der Waals surface area contributed by atoms with Crippen molar-refractivity contribution in [1.29, 1.82) is 0 Å². The van der Waals surface area contributed by atoms with Crippen molar-refractivity contribution in [2.24, 2.45) is 0 Å². The Hall–Kier alpha value is -0.270. The van der Waals surface area contributed by atoms with E-state index >= 15 is 0 Å². The van der Waals surface area contributed by atoms with Gasteiger partial charge in [0.2, 0.25) is 0 Å². The lowest BCUT2D eigenvalue weighted by Gasteiger charge is -2.08. The van der Waals surface area contributed by atoms with Crippen LogP contribution in [0.5, 0.6) is 0 Å². The molecule has 0 aliphatic heterocycles. The molecule has 0 unspecified atom stereocenters. The third-order valence-electron chi connectivity index (χ3n) is 1.68. The summed E-state index contributed by atoms with van der Waals surface area (Å²) in [5, 5.41) is -0.0313. The van der Waals surface area contributed by atoms with Crippen LogP contribution >= 0.6 is 26.6 Å². The number of nitrogens with zero attached hydrogens (tertiary/aromatic N) is 1. The second-order valence-electron chi connectivity index (χ2n) is 2.58. The van der Waals surface area contributed by atoms with E-state index in [-0.39, 0.29) is 15.8 Å². The molecule has 8 heteroatoms. The van der Waals surface area contributed by atoms with Crippen molar-refractivity contribution in [2.75, 3.05) is 0 Å². The van der Waals surface area contributed by atoms with Gasteiger partial charge in [-0.15, -0.1) is 0 Å². The van der Waals surface area contributed by atoms with Gasteiger partial charge in [-0.3, -0.25) is 4.98 Å². The molecular weight excluding hydrogens is 316 g/mol. The largest absolute Gasteiger partial charge is 0.265 e. The third kappa shape index (κ3) is 2.85. The van der Waals surface area contributed by atoms with Gasteiger partial charge in [0.25, 0.3) is 15.5 Å². The molecule has 84 valence electrons. The molecule has 1 aromatic rings. The zero-order valence-corrected chi connectivity index (χ0v) is 10.3. The summed E-state index contributed by atoms with van der Waals surface area (Å²) in [6.07, 6.45) is -0.916. The highest BCUT2D eigenvalue weighted by atomic mass is 79.9. The fourth-order valence-corrected chi connectivity index (χ4v) is 2.91. The highest BCUT2D eigenvalue weighted by Gasteiger charge is 2.22. The first-order chi connectivity index (χ1) is 6.88. The molecule has 1 aromatic heterocycles. The summed E-state index contributed by atoms with van der Waals surface area (Å²) in [6.45, 7) is 0. The molecule has 0 bridgehead atoms. The number of aromatic nitrogens is 1. The van der Waals surface area contributed by atoms with Gasteiger partial charge >= 0.3 is 0 Å². The van der Waals surface area contributed by atoms with Crippen molar-refractivity contribution in [3.63, 3.8) is 0 Å². The first kappa shape index (κ1) is 12.8. The van der Waals surface area contributed by atoms with Crippen molar-refractivity contribution in [3.8, 4) is 0 Å². The zero-order chi connectivity index (χ0) is 11.6.